The number of unbranched alkanes of at least 4 members (excludes halogenated alkanes) is 1. The molecule has 0 aliphatic carbocycles. The van der Waals surface area contributed by atoms with E-state index in [1.165, 1.54) is 0 Å². The molecule has 1 heterocycles. The smallest absolute Gasteiger partial charge is 0.338 e. The van der Waals surface area contributed by atoms with E-state index in [0.717, 1.165) is 24.0 Å². The molecule has 0 amide bonds. The fourth-order valence-corrected chi connectivity index (χ4v) is 3.70. The molecule has 0 radical (unpaired) electrons. The molecule has 0 saturated heterocycles. The van der Waals surface area contributed by atoms with Crippen LogP contribution in [0.15, 0.2) is 59.8 Å². The summed E-state index contributed by atoms with van der Waals surface area (Å²) in [6.07, 6.45) is 2.02. The molecule has 2 N–H and O–H groups in total. The number of hydrogen-bond donors (Lipinski definition) is 2. The molecule has 0 bridgehead atoms. The molecule has 7 heteroatoms. The molecule has 2 aromatic rings. The minimum Gasteiger partial charge on any atom is -0.490 e. The zero-order chi connectivity index (χ0) is 22.9. The fourth-order valence-electron chi connectivity index (χ4n) is 3.43. The number of carbonyl (C=O) groups excluding carboxylic acids is 1. The number of esters is 1. The zero-order valence-corrected chi connectivity index (χ0v) is 19.6. The van der Waals surface area contributed by atoms with E-state index in [2.05, 4.69) is 17.6 Å². The van der Waals surface area contributed by atoms with Gasteiger partial charge in [-0.15, -0.1) is 0 Å². The Morgan fingerprint density at radius 1 is 1.06 bits per heavy atom. The second kappa shape index (κ2) is 11.5. The zero-order valence-electron chi connectivity index (χ0n) is 18.8. The summed E-state index contributed by atoms with van der Waals surface area (Å²) in [5, 5.41) is 6.69. The average molecular weight is 455 g/mol. The van der Waals surface area contributed by atoms with Gasteiger partial charge >= 0.3 is 5.97 Å². The summed E-state index contributed by atoms with van der Waals surface area (Å²) >= 11 is 5.36. The fraction of sp³-hybridized carbons (Fsp3) is 0.360. The van der Waals surface area contributed by atoms with Crippen LogP contribution in [0.5, 0.6) is 11.5 Å². The van der Waals surface area contributed by atoms with Gasteiger partial charge in [-0.25, -0.2) is 4.79 Å². The number of ether oxygens (including phenoxy) is 3. The summed E-state index contributed by atoms with van der Waals surface area (Å²) < 4.78 is 17.3. The number of rotatable bonds is 10. The Kier molecular flexibility index (Phi) is 8.50. The van der Waals surface area contributed by atoms with Crippen LogP contribution in [0, 0.1) is 0 Å². The highest BCUT2D eigenvalue weighted by atomic mass is 32.1. The Bertz CT molecular complexity index is 975. The van der Waals surface area contributed by atoms with E-state index >= 15 is 0 Å². The molecule has 1 aliphatic rings. The van der Waals surface area contributed by atoms with Gasteiger partial charge in [0.1, 0.15) is 6.61 Å². The van der Waals surface area contributed by atoms with Gasteiger partial charge in [0, 0.05) is 5.70 Å². The predicted octanol–water partition coefficient (Wildman–Crippen LogP) is 4.80. The summed E-state index contributed by atoms with van der Waals surface area (Å²) in [7, 11) is 0. The lowest BCUT2D eigenvalue weighted by Crippen LogP contribution is -2.45. The highest BCUT2D eigenvalue weighted by Crippen LogP contribution is 2.35. The van der Waals surface area contributed by atoms with Crippen LogP contribution in [0.25, 0.3) is 0 Å². The van der Waals surface area contributed by atoms with Crippen LogP contribution in [0.3, 0.4) is 0 Å². The van der Waals surface area contributed by atoms with Gasteiger partial charge in [0.15, 0.2) is 16.6 Å². The largest absolute Gasteiger partial charge is 0.490 e. The second-order valence-corrected chi connectivity index (χ2v) is 7.88. The van der Waals surface area contributed by atoms with Crippen LogP contribution in [0.4, 0.5) is 0 Å². The van der Waals surface area contributed by atoms with Gasteiger partial charge in [-0.05, 0) is 55.7 Å². The lowest BCUT2D eigenvalue weighted by molar-refractivity contribution is -0.140. The summed E-state index contributed by atoms with van der Waals surface area (Å²) in [6.45, 7) is 7.20. The maximum Gasteiger partial charge on any atom is 0.338 e. The number of thiocarbonyl (C=S) groups is 1. The van der Waals surface area contributed by atoms with Gasteiger partial charge in [-0.1, -0.05) is 49.7 Å². The van der Waals surface area contributed by atoms with Crippen molar-refractivity contribution in [2.75, 3.05) is 13.2 Å². The van der Waals surface area contributed by atoms with Crippen LogP contribution in [-0.2, 0) is 16.1 Å². The minimum absolute atomic E-state index is 0.196. The molecule has 0 unspecified atom stereocenters. The quantitative estimate of drug-likeness (QED) is 0.304. The highest BCUT2D eigenvalue weighted by molar-refractivity contribution is 7.80. The minimum atomic E-state index is -0.462. The van der Waals surface area contributed by atoms with Crippen molar-refractivity contribution in [2.24, 2.45) is 0 Å². The normalized spacial score (nSPS) is 15.6. The Balaban J connectivity index is 1.86. The van der Waals surface area contributed by atoms with E-state index in [9.17, 15) is 4.79 Å². The molecular weight excluding hydrogens is 424 g/mol. The van der Waals surface area contributed by atoms with Gasteiger partial charge in [0.05, 0.1) is 24.8 Å². The van der Waals surface area contributed by atoms with E-state index in [1.807, 2.05) is 62.4 Å². The first-order chi connectivity index (χ1) is 15.5. The predicted molar refractivity (Wildman–Crippen MR) is 129 cm³/mol. The van der Waals surface area contributed by atoms with Crippen molar-refractivity contribution in [3.05, 3.63) is 70.9 Å². The Morgan fingerprint density at radius 2 is 1.84 bits per heavy atom. The molecule has 170 valence electrons. The van der Waals surface area contributed by atoms with Crippen molar-refractivity contribution in [2.45, 2.75) is 46.3 Å². The molecule has 0 saturated carbocycles. The first-order valence-corrected chi connectivity index (χ1v) is 11.3. The summed E-state index contributed by atoms with van der Waals surface area (Å²) in [5.41, 5.74) is 2.91. The van der Waals surface area contributed by atoms with Crippen molar-refractivity contribution in [3.8, 4) is 11.5 Å². The van der Waals surface area contributed by atoms with E-state index in [0.29, 0.717) is 41.1 Å². The lowest BCUT2D eigenvalue weighted by Gasteiger charge is -2.30. The maximum absolute atomic E-state index is 13.1. The third kappa shape index (κ3) is 6.01. The van der Waals surface area contributed by atoms with E-state index in [1.54, 1.807) is 0 Å². The number of hydrogen-bond acceptors (Lipinski definition) is 5. The molecule has 0 spiro atoms. The molecule has 6 nitrogen and oxygen atoms in total. The Morgan fingerprint density at radius 3 is 2.56 bits per heavy atom. The number of benzene rings is 2. The van der Waals surface area contributed by atoms with Crippen LogP contribution in [0.2, 0.25) is 0 Å². The Hall–Kier alpha value is -3.06. The van der Waals surface area contributed by atoms with Crippen LogP contribution in [-0.4, -0.2) is 24.3 Å². The van der Waals surface area contributed by atoms with Crippen LogP contribution < -0.4 is 20.1 Å². The van der Waals surface area contributed by atoms with Crippen LogP contribution in [0.1, 0.15) is 50.8 Å². The summed E-state index contributed by atoms with van der Waals surface area (Å²) in [6, 6.07) is 14.8. The Labute approximate surface area is 194 Å². The third-order valence-corrected chi connectivity index (χ3v) is 5.28. The molecule has 3 rings (SSSR count). The topological polar surface area (TPSA) is 68.8 Å². The van der Waals surface area contributed by atoms with Gasteiger partial charge in [-0.2, -0.15) is 0 Å². The standard InChI is InChI=1S/C25H30N2O4S/c1-4-6-14-30-20-13-12-19(15-21(20)29-5-2)23-22(17(3)26-25(32)27-23)24(28)31-16-18-10-8-7-9-11-18/h7-13,15,23H,4-6,14,16H2,1-3H3,(H2,26,27,32)/t23-/m0/s1. The summed E-state index contributed by atoms with van der Waals surface area (Å²) in [4.78, 5) is 13.1. The van der Waals surface area contributed by atoms with E-state index in [4.69, 9.17) is 26.4 Å². The maximum atomic E-state index is 13.1. The van der Waals surface area contributed by atoms with Crippen molar-refractivity contribution in [3.63, 3.8) is 0 Å². The van der Waals surface area contributed by atoms with Crippen molar-refractivity contribution in [1.82, 2.24) is 10.6 Å². The number of allylic oxidation sites excluding steroid dienone is 1. The molecule has 1 aliphatic heterocycles. The van der Waals surface area contributed by atoms with Crippen molar-refractivity contribution in [1.29, 1.82) is 0 Å². The molecule has 0 aromatic heterocycles. The van der Waals surface area contributed by atoms with E-state index < -0.39 is 12.0 Å². The molecule has 32 heavy (non-hydrogen) atoms. The number of carbonyl (C=O) groups is 1. The highest BCUT2D eigenvalue weighted by Gasteiger charge is 2.31. The van der Waals surface area contributed by atoms with Gasteiger partial charge < -0.3 is 24.8 Å². The first-order valence-electron chi connectivity index (χ1n) is 10.9. The molecular formula is C25H30N2O4S. The number of nitrogens with one attached hydrogen (secondary N) is 2. The first kappa shape index (κ1) is 23.6. The van der Waals surface area contributed by atoms with Gasteiger partial charge in [0.25, 0.3) is 0 Å². The van der Waals surface area contributed by atoms with E-state index in [-0.39, 0.29) is 6.61 Å². The monoisotopic (exact) mass is 454 g/mol. The lowest BCUT2D eigenvalue weighted by atomic mass is 9.95. The van der Waals surface area contributed by atoms with Crippen molar-refractivity contribution < 1.29 is 19.0 Å². The molecule has 1 atom stereocenters. The second-order valence-electron chi connectivity index (χ2n) is 7.47. The van der Waals surface area contributed by atoms with Crippen LogP contribution >= 0.6 is 12.2 Å². The van der Waals surface area contributed by atoms with Gasteiger partial charge in [-0.3, -0.25) is 0 Å². The summed E-state index contributed by atoms with van der Waals surface area (Å²) in [5.74, 6) is 0.927. The van der Waals surface area contributed by atoms with Crippen molar-refractivity contribution >= 4 is 23.3 Å². The average Bonchev–Trinajstić information content (AvgIpc) is 2.79. The van der Waals surface area contributed by atoms with Gasteiger partial charge in [0.2, 0.25) is 0 Å². The third-order valence-electron chi connectivity index (χ3n) is 5.06. The molecule has 2 aromatic carbocycles. The molecule has 0 fully saturated rings. The SMILES string of the molecule is CCCCOc1ccc([C@@H]2NC(=S)NC(C)=C2C(=O)OCc2ccccc2)cc1OCC.